The Morgan fingerprint density at radius 3 is 2.22 bits per heavy atom. The largest absolute Gasteiger partial charge is 0.478 e. The van der Waals surface area contributed by atoms with E-state index in [0.29, 0.717) is 18.1 Å². The van der Waals surface area contributed by atoms with E-state index in [1.807, 2.05) is 30.1 Å². The van der Waals surface area contributed by atoms with Crippen LogP contribution < -0.4 is 0 Å². The summed E-state index contributed by atoms with van der Waals surface area (Å²) in [5.74, 6) is -1.85. The molecule has 0 aliphatic carbocycles. The molecule has 1 amide bonds. The normalized spacial score (nSPS) is 15.7. The van der Waals surface area contributed by atoms with E-state index in [1.165, 1.54) is 5.56 Å². The van der Waals surface area contributed by atoms with Gasteiger partial charge < -0.3 is 20.0 Å². The van der Waals surface area contributed by atoms with Gasteiger partial charge in [-0.15, -0.1) is 0 Å². The van der Waals surface area contributed by atoms with Gasteiger partial charge in [0.15, 0.2) is 0 Å². The number of carbonyl (C=O) groups excluding carboxylic acids is 1. The second-order valence-corrected chi connectivity index (χ2v) is 8.10. The second kappa shape index (κ2) is 11.8. The standard InChI is InChI=1S/C21H26N2O.C4H4O4/c1-22(2)12-11-16-13-19-10-9-18(17-7-5-4-6-8-17)14-20(19)21(24)23(3)15-16;5-3(6)1-2-4(7)8/h4-10,14,16H,11-13,15H2,1-3H3;1-2H,(H,5,6)(H,7,8)/b;2-1+. The predicted octanol–water partition coefficient (Wildman–Crippen LogP) is 3.26. The summed E-state index contributed by atoms with van der Waals surface area (Å²) in [5, 5.41) is 15.6. The molecule has 2 N–H and O–H groups in total. The van der Waals surface area contributed by atoms with Crippen LogP contribution in [0.25, 0.3) is 11.1 Å². The molecule has 1 aliphatic rings. The van der Waals surface area contributed by atoms with Crippen LogP contribution in [0.3, 0.4) is 0 Å². The van der Waals surface area contributed by atoms with Crippen LogP contribution >= 0.6 is 0 Å². The number of fused-ring (bicyclic) bond motifs is 1. The molecule has 0 radical (unpaired) electrons. The number of carboxylic acids is 2. The third-order valence-corrected chi connectivity index (χ3v) is 5.19. The van der Waals surface area contributed by atoms with Gasteiger partial charge in [0.25, 0.3) is 5.91 Å². The molecule has 0 bridgehead atoms. The van der Waals surface area contributed by atoms with Crippen molar-refractivity contribution in [3.8, 4) is 11.1 Å². The Morgan fingerprint density at radius 1 is 1.03 bits per heavy atom. The minimum atomic E-state index is -1.26. The zero-order valence-electron chi connectivity index (χ0n) is 18.7. The third kappa shape index (κ3) is 7.67. The molecule has 2 aromatic carbocycles. The van der Waals surface area contributed by atoms with E-state index in [-0.39, 0.29) is 5.91 Å². The van der Waals surface area contributed by atoms with E-state index in [2.05, 4.69) is 49.3 Å². The average molecular weight is 439 g/mol. The van der Waals surface area contributed by atoms with Gasteiger partial charge in [0.1, 0.15) is 0 Å². The lowest BCUT2D eigenvalue weighted by atomic mass is 9.92. The molecule has 0 saturated heterocycles. The van der Waals surface area contributed by atoms with Gasteiger partial charge in [0.05, 0.1) is 0 Å². The molecule has 170 valence electrons. The van der Waals surface area contributed by atoms with Crippen molar-refractivity contribution in [3.63, 3.8) is 0 Å². The lowest BCUT2D eigenvalue weighted by molar-refractivity contribution is -0.134. The highest BCUT2D eigenvalue weighted by Crippen LogP contribution is 2.28. The number of hydrogen-bond acceptors (Lipinski definition) is 4. The van der Waals surface area contributed by atoms with Gasteiger partial charge >= 0.3 is 11.9 Å². The fourth-order valence-electron chi connectivity index (χ4n) is 3.59. The van der Waals surface area contributed by atoms with E-state index in [0.717, 1.165) is 42.6 Å². The van der Waals surface area contributed by atoms with Crippen LogP contribution in [0.4, 0.5) is 0 Å². The number of carbonyl (C=O) groups is 3. The third-order valence-electron chi connectivity index (χ3n) is 5.19. The molecule has 0 aromatic heterocycles. The number of carboxylic acid groups (broad SMARTS) is 2. The van der Waals surface area contributed by atoms with Crippen LogP contribution in [0.1, 0.15) is 22.3 Å². The first kappa shape index (κ1) is 24.8. The predicted molar refractivity (Wildman–Crippen MR) is 124 cm³/mol. The summed E-state index contributed by atoms with van der Waals surface area (Å²) in [6.07, 6.45) is 3.21. The van der Waals surface area contributed by atoms with Crippen molar-refractivity contribution < 1.29 is 24.6 Å². The molecule has 0 saturated carbocycles. The molecule has 3 rings (SSSR count). The van der Waals surface area contributed by atoms with E-state index >= 15 is 0 Å². The molecule has 7 nitrogen and oxygen atoms in total. The summed E-state index contributed by atoms with van der Waals surface area (Å²) in [4.78, 5) is 36.0. The van der Waals surface area contributed by atoms with Gasteiger partial charge in [-0.05, 0) is 62.2 Å². The number of amides is 1. The highest BCUT2D eigenvalue weighted by atomic mass is 16.4. The second-order valence-electron chi connectivity index (χ2n) is 8.10. The molecule has 2 aromatic rings. The summed E-state index contributed by atoms with van der Waals surface area (Å²) in [5.41, 5.74) is 4.32. The maximum atomic E-state index is 12.8. The maximum Gasteiger partial charge on any atom is 0.328 e. The monoisotopic (exact) mass is 438 g/mol. The number of rotatable bonds is 6. The Hall–Kier alpha value is -3.45. The zero-order valence-corrected chi connectivity index (χ0v) is 18.7. The minimum Gasteiger partial charge on any atom is -0.478 e. The van der Waals surface area contributed by atoms with Crippen LogP contribution in [0.5, 0.6) is 0 Å². The fraction of sp³-hybridized carbons (Fsp3) is 0.320. The van der Waals surface area contributed by atoms with Crippen LogP contribution in [0.15, 0.2) is 60.7 Å². The van der Waals surface area contributed by atoms with Gasteiger partial charge in [-0.1, -0.05) is 42.5 Å². The van der Waals surface area contributed by atoms with Crippen molar-refractivity contribution in [2.75, 3.05) is 34.2 Å². The van der Waals surface area contributed by atoms with E-state index in [4.69, 9.17) is 10.2 Å². The van der Waals surface area contributed by atoms with Crippen molar-refractivity contribution in [1.82, 2.24) is 9.80 Å². The van der Waals surface area contributed by atoms with Crippen LogP contribution in [-0.4, -0.2) is 72.1 Å². The Balaban J connectivity index is 0.000000390. The van der Waals surface area contributed by atoms with Crippen molar-refractivity contribution in [2.24, 2.45) is 5.92 Å². The molecule has 0 fully saturated rings. The summed E-state index contributed by atoms with van der Waals surface area (Å²) in [6.45, 7) is 1.89. The molecular weight excluding hydrogens is 408 g/mol. The number of aliphatic carboxylic acids is 2. The SMILES string of the molecule is CN(C)CCC1Cc2ccc(-c3ccccc3)cc2C(=O)N(C)C1.O=C(O)/C=C/C(=O)O. The van der Waals surface area contributed by atoms with Gasteiger partial charge in [-0.25, -0.2) is 9.59 Å². The molecule has 7 heteroatoms. The van der Waals surface area contributed by atoms with Crippen molar-refractivity contribution in [3.05, 3.63) is 71.8 Å². The molecular formula is C25H30N2O5. The van der Waals surface area contributed by atoms with Crippen molar-refractivity contribution >= 4 is 17.8 Å². The molecule has 1 aliphatic heterocycles. The smallest absolute Gasteiger partial charge is 0.328 e. The van der Waals surface area contributed by atoms with E-state index in [9.17, 15) is 14.4 Å². The number of benzene rings is 2. The summed E-state index contributed by atoms with van der Waals surface area (Å²) >= 11 is 0. The summed E-state index contributed by atoms with van der Waals surface area (Å²) in [7, 11) is 6.13. The molecule has 32 heavy (non-hydrogen) atoms. The van der Waals surface area contributed by atoms with Crippen molar-refractivity contribution in [1.29, 1.82) is 0 Å². The quantitative estimate of drug-likeness (QED) is 0.672. The summed E-state index contributed by atoms with van der Waals surface area (Å²) < 4.78 is 0. The molecule has 1 heterocycles. The number of hydrogen-bond donors (Lipinski definition) is 2. The van der Waals surface area contributed by atoms with Crippen LogP contribution in [0, 0.1) is 5.92 Å². The first-order valence-electron chi connectivity index (χ1n) is 10.4. The lowest BCUT2D eigenvalue weighted by Crippen LogP contribution is -2.31. The van der Waals surface area contributed by atoms with Gasteiger partial charge in [-0.2, -0.15) is 0 Å². The topological polar surface area (TPSA) is 98.2 Å². The minimum absolute atomic E-state index is 0.148. The Kier molecular flexibility index (Phi) is 9.16. The summed E-state index contributed by atoms with van der Waals surface area (Å²) in [6, 6.07) is 16.6. The van der Waals surface area contributed by atoms with E-state index < -0.39 is 11.9 Å². The van der Waals surface area contributed by atoms with Gasteiger partial charge in [0.2, 0.25) is 0 Å². The van der Waals surface area contributed by atoms with Crippen LogP contribution in [-0.2, 0) is 16.0 Å². The highest BCUT2D eigenvalue weighted by molar-refractivity contribution is 5.97. The Labute approximate surface area is 188 Å². The van der Waals surface area contributed by atoms with Gasteiger partial charge in [-0.3, -0.25) is 4.79 Å². The van der Waals surface area contributed by atoms with Crippen molar-refractivity contribution in [2.45, 2.75) is 12.8 Å². The number of nitrogens with zero attached hydrogens (tertiary/aromatic N) is 2. The molecule has 1 atom stereocenters. The fourth-order valence-corrected chi connectivity index (χ4v) is 3.59. The Morgan fingerprint density at radius 2 is 1.66 bits per heavy atom. The first-order chi connectivity index (χ1) is 15.2. The van der Waals surface area contributed by atoms with E-state index in [1.54, 1.807) is 0 Å². The van der Waals surface area contributed by atoms with Gasteiger partial charge in [0, 0.05) is 31.3 Å². The highest BCUT2D eigenvalue weighted by Gasteiger charge is 2.25. The van der Waals surface area contributed by atoms with Crippen LogP contribution in [0.2, 0.25) is 0 Å². The average Bonchev–Trinajstić information content (AvgIpc) is 2.88. The first-order valence-corrected chi connectivity index (χ1v) is 10.4. The maximum absolute atomic E-state index is 12.8. The Bertz CT molecular complexity index is 954. The molecule has 0 spiro atoms. The zero-order chi connectivity index (χ0) is 23.7. The molecule has 1 unspecified atom stereocenters. The lowest BCUT2D eigenvalue weighted by Gasteiger charge is -2.21.